The van der Waals surface area contributed by atoms with Gasteiger partial charge in [-0.1, -0.05) is 12.8 Å². The first-order valence-electron chi connectivity index (χ1n) is 7.09. The highest BCUT2D eigenvalue weighted by molar-refractivity contribution is 5.90. The summed E-state index contributed by atoms with van der Waals surface area (Å²) in [5, 5.41) is 13.2. The molecule has 5 nitrogen and oxygen atoms in total. The third kappa shape index (κ3) is 3.48. The van der Waals surface area contributed by atoms with Crippen LogP contribution in [-0.2, 0) is 4.74 Å². The second-order valence-electron chi connectivity index (χ2n) is 5.31. The summed E-state index contributed by atoms with van der Waals surface area (Å²) in [6.07, 6.45) is 4.01. The van der Waals surface area contributed by atoms with Gasteiger partial charge in [-0.3, -0.25) is 0 Å². The lowest BCUT2D eigenvalue weighted by Gasteiger charge is -2.27. The van der Waals surface area contributed by atoms with Crippen LogP contribution in [0.2, 0.25) is 0 Å². The van der Waals surface area contributed by atoms with E-state index in [0.717, 1.165) is 25.1 Å². The van der Waals surface area contributed by atoms with Gasteiger partial charge in [0.2, 0.25) is 0 Å². The van der Waals surface area contributed by atoms with E-state index < -0.39 is 0 Å². The van der Waals surface area contributed by atoms with Gasteiger partial charge in [-0.2, -0.15) is 0 Å². The van der Waals surface area contributed by atoms with Crippen molar-refractivity contribution in [2.75, 3.05) is 19.0 Å². The van der Waals surface area contributed by atoms with E-state index in [2.05, 4.69) is 10.3 Å². The number of hydrogen-bond acceptors (Lipinski definition) is 5. The molecule has 1 aromatic heterocycles. The molecule has 1 aromatic rings. The number of ether oxygens (including phenoxy) is 1. The molecule has 0 radical (unpaired) electrons. The average molecular weight is 278 g/mol. The van der Waals surface area contributed by atoms with E-state index in [9.17, 15) is 9.90 Å². The largest absolute Gasteiger partial charge is 0.465 e. The molecule has 0 saturated heterocycles. The fourth-order valence-corrected chi connectivity index (χ4v) is 2.65. The Balaban J connectivity index is 1.96. The molecule has 0 bridgehead atoms. The topological polar surface area (TPSA) is 71.5 Å². The van der Waals surface area contributed by atoms with Crippen LogP contribution in [0, 0.1) is 12.8 Å². The zero-order valence-electron chi connectivity index (χ0n) is 12.1. The SMILES string of the molecule is COC(=O)c1ccc(NCC2CCCCC2O)nc1C. The van der Waals surface area contributed by atoms with Gasteiger partial charge in [-0.15, -0.1) is 0 Å². The lowest BCUT2D eigenvalue weighted by Crippen LogP contribution is -2.30. The van der Waals surface area contributed by atoms with Gasteiger partial charge in [0.1, 0.15) is 5.82 Å². The molecule has 1 aliphatic carbocycles. The molecular formula is C15H22N2O3. The number of carbonyl (C=O) groups is 1. The molecule has 2 rings (SSSR count). The minimum absolute atomic E-state index is 0.216. The van der Waals surface area contributed by atoms with Crippen molar-refractivity contribution in [3.63, 3.8) is 0 Å². The van der Waals surface area contributed by atoms with Crippen molar-refractivity contribution in [1.82, 2.24) is 4.98 Å². The first-order valence-corrected chi connectivity index (χ1v) is 7.09. The molecule has 2 atom stereocenters. The van der Waals surface area contributed by atoms with E-state index in [-0.39, 0.29) is 18.0 Å². The Bertz CT molecular complexity index is 476. The third-order valence-electron chi connectivity index (χ3n) is 3.91. The van der Waals surface area contributed by atoms with Crippen LogP contribution in [0.5, 0.6) is 0 Å². The van der Waals surface area contributed by atoms with Crippen molar-refractivity contribution in [2.45, 2.75) is 38.7 Å². The first-order chi connectivity index (χ1) is 9.61. The van der Waals surface area contributed by atoms with Crippen molar-refractivity contribution in [1.29, 1.82) is 0 Å². The molecule has 5 heteroatoms. The standard InChI is InChI=1S/C15H22N2O3/c1-10-12(15(19)20-2)7-8-14(17-10)16-9-11-5-3-4-6-13(11)18/h7-8,11,13,18H,3-6,9H2,1-2H3,(H,16,17). The third-order valence-corrected chi connectivity index (χ3v) is 3.91. The maximum atomic E-state index is 11.5. The first kappa shape index (κ1) is 14.8. The van der Waals surface area contributed by atoms with E-state index in [4.69, 9.17) is 4.74 Å². The van der Waals surface area contributed by atoms with Gasteiger partial charge in [0.25, 0.3) is 0 Å². The minimum atomic E-state index is -0.371. The molecular weight excluding hydrogens is 256 g/mol. The number of nitrogens with one attached hydrogen (secondary N) is 1. The molecule has 2 unspecified atom stereocenters. The lowest BCUT2D eigenvalue weighted by atomic mass is 9.86. The Kier molecular flexibility index (Phi) is 4.95. The number of hydrogen-bond donors (Lipinski definition) is 2. The number of anilines is 1. The zero-order chi connectivity index (χ0) is 14.5. The van der Waals surface area contributed by atoms with Gasteiger partial charge in [0, 0.05) is 12.5 Å². The number of aromatic nitrogens is 1. The Hall–Kier alpha value is -1.62. The summed E-state index contributed by atoms with van der Waals surface area (Å²) < 4.78 is 4.69. The van der Waals surface area contributed by atoms with E-state index in [1.165, 1.54) is 13.5 Å². The van der Waals surface area contributed by atoms with Gasteiger partial charge >= 0.3 is 5.97 Å². The van der Waals surface area contributed by atoms with Crippen molar-refractivity contribution >= 4 is 11.8 Å². The summed E-state index contributed by atoms with van der Waals surface area (Å²) in [6.45, 7) is 2.50. The molecule has 1 fully saturated rings. The quantitative estimate of drug-likeness (QED) is 0.826. The molecule has 0 spiro atoms. The highest BCUT2D eigenvalue weighted by atomic mass is 16.5. The summed E-state index contributed by atoms with van der Waals surface area (Å²) in [7, 11) is 1.36. The van der Waals surface area contributed by atoms with Crippen molar-refractivity contribution < 1.29 is 14.6 Å². The molecule has 2 N–H and O–H groups in total. The van der Waals surface area contributed by atoms with Gasteiger partial charge in [-0.25, -0.2) is 9.78 Å². The lowest BCUT2D eigenvalue weighted by molar-refractivity contribution is 0.0599. The second kappa shape index (κ2) is 6.70. The summed E-state index contributed by atoms with van der Waals surface area (Å²) in [6, 6.07) is 3.49. The molecule has 1 aliphatic rings. The Morgan fingerprint density at radius 1 is 1.45 bits per heavy atom. The fourth-order valence-electron chi connectivity index (χ4n) is 2.65. The normalized spacial score (nSPS) is 22.4. The molecule has 20 heavy (non-hydrogen) atoms. The van der Waals surface area contributed by atoms with Crippen molar-refractivity contribution in [3.05, 3.63) is 23.4 Å². The number of carbonyl (C=O) groups excluding carboxylic acids is 1. The Morgan fingerprint density at radius 3 is 2.85 bits per heavy atom. The van der Waals surface area contributed by atoms with Gasteiger partial charge in [-0.05, 0) is 31.9 Å². The van der Waals surface area contributed by atoms with Crippen LogP contribution in [0.1, 0.15) is 41.7 Å². The van der Waals surface area contributed by atoms with E-state index >= 15 is 0 Å². The number of esters is 1. The van der Waals surface area contributed by atoms with Crippen LogP contribution in [-0.4, -0.2) is 35.8 Å². The number of pyridine rings is 1. The zero-order valence-corrected chi connectivity index (χ0v) is 12.1. The summed E-state index contributed by atoms with van der Waals surface area (Å²) in [5.74, 6) is 0.642. The Morgan fingerprint density at radius 2 is 2.20 bits per heavy atom. The molecule has 1 heterocycles. The highest BCUT2D eigenvalue weighted by Crippen LogP contribution is 2.24. The summed E-state index contributed by atoms with van der Waals surface area (Å²) in [4.78, 5) is 15.8. The second-order valence-corrected chi connectivity index (χ2v) is 5.31. The van der Waals surface area contributed by atoms with Crippen molar-refractivity contribution in [2.24, 2.45) is 5.92 Å². The number of aliphatic hydroxyl groups is 1. The predicted octanol–water partition coefficient (Wildman–Crippen LogP) is 2.14. The van der Waals surface area contributed by atoms with Crippen LogP contribution in [0.3, 0.4) is 0 Å². The number of aliphatic hydroxyl groups excluding tert-OH is 1. The van der Waals surface area contributed by atoms with Crippen LogP contribution in [0.4, 0.5) is 5.82 Å². The van der Waals surface area contributed by atoms with Crippen LogP contribution >= 0.6 is 0 Å². The minimum Gasteiger partial charge on any atom is -0.465 e. The molecule has 0 aliphatic heterocycles. The Labute approximate surface area is 119 Å². The average Bonchev–Trinajstić information content (AvgIpc) is 2.46. The monoisotopic (exact) mass is 278 g/mol. The number of methoxy groups -OCH3 is 1. The molecule has 0 aromatic carbocycles. The van der Waals surface area contributed by atoms with Gasteiger partial charge < -0.3 is 15.2 Å². The van der Waals surface area contributed by atoms with Gasteiger partial charge in [0.05, 0.1) is 24.5 Å². The van der Waals surface area contributed by atoms with E-state index in [0.29, 0.717) is 17.8 Å². The van der Waals surface area contributed by atoms with Crippen LogP contribution < -0.4 is 5.32 Å². The molecule has 1 saturated carbocycles. The van der Waals surface area contributed by atoms with Crippen LogP contribution in [0.15, 0.2) is 12.1 Å². The van der Waals surface area contributed by atoms with Gasteiger partial charge in [0.15, 0.2) is 0 Å². The number of aryl methyl sites for hydroxylation is 1. The molecule has 0 amide bonds. The predicted molar refractivity (Wildman–Crippen MR) is 76.8 cm³/mol. The van der Waals surface area contributed by atoms with Crippen molar-refractivity contribution in [3.8, 4) is 0 Å². The smallest absolute Gasteiger partial charge is 0.339 e. The summed E-state index contributed by atoms with van der Waals surface area (Å²) >= 11 is 0. The maximum Gasteiger partial charge on any atom is 0.339 e. The van der Waals surface area contributed by atoms with Crippen LogP contribution in [0.25, 0.3) is 0 Å². The maximum absolute atomic E-state index is 11.5. The summed E-state index contributed by atoms with van der Waals surface area (Å²) in [5.41, 5.74) is 1.13. The molecule has 110 valence electrons. The highest BCUT2D eigenvalue weighted by Gasteiger charge is 2.22. The van der Waals surface area contributed by atoms with E-state index in [1.807, 2.05) is 0 Å². The number of rotatable bonds is 4. The van der Waals surface area contributed by atoms with E-state index in [1.54, 1.807) is 19.1 Å². The number of nitrogens with zero attached hydrogens (tertiary/aromatic N) is 1. The fraction of sp³-hybridized carbons (Fsp3) is 0.600.